The second-order valence-electron chi connectivity index (χ2n) is 5.42. The van der Waals surface area contributed by atoms with E-state index in [4.69, 9.17) is 0 Å². The second kappa shape index (κ2) is 10.4. The normalized spacial score (nSPS) is 11.8. The van der Waals surface area contributed by atoms with Gasteiger partial charge in [0.1, 0.15) is 0 Å². The van der Waals surface area contributed by atoms with Crippen LogP contribution in [0.3, 0.4) is 0 Å². The van der Waals surface area contributed by atoms with Gasteiger partial charge < -0.3 is 29.8 Å². The Morgan fingerprint density at radius 2 is 1.76 bits per heavy atom. The molecule has 1 N–H and O–H groups in total. The summed E-state index contributed by atoms with van der Waals surface area (Å²) in [4.78, 5) is 3.17. The fraction of sp³-hybridized carbons (Fsp3) is 0.294. The number of H-pyrrole nitrogens is 1. The van der Waals surface area contributed by atoms with Crippen molar-refractivity contribution in [3.05, 3.63) is 60.3 Å². The van der Waals surface area contributed by atoms with Crippen LogP contribution in [0.1, 0.15) is 32.8 Å². The summed E-state index contributed by atoms with van der Waals surface area (Å²) in [5, 5.41) is 1.29. The van der Waals surface area contributed by atoms with Gasteiger partial charge in [0.25, 0.3) is 0 Å². The van der Waals surface area contributed by atoms with E-state index in [0.717, 1.165) is 6.42 Å². The van der Waals surface area contributed by atoms with E-state index in [9.17, 15) is 0 Å². The summed E-state index contributed by atoms with van der Waals surface area (Å²) in [6, 6.07) is 8.34. The van der Waals surface area contributed by atoms with Gasteiger partial charge in [0.15, 0.2) is 0 Å². The van der Waals surface area contributed by atoms with Gasteiger partial charge in [-0.2, -0.15) is 11.5 Å². The van der Waals surface area contributed by atoms with Crippen LogP contribution in [0.5, 0.6) is 0 Å². The molecule has 0 radical (unpaired) electrons. The van der Waals surface area contributed by atoms with E-state index >= 15 is 0 Å². The number of aromatic amines is 1. The Labute approximate surface area is 159 Å². The van der Waals surface area contributed by atoms with E-state index in [2.05, 4.69) is 62.3 Å². The third-order valence-electron chi connectivity index (χ3n) is 2.85. The predicted molar refractivity (Wildman–Crippen MR) is 77.4 cm³/mol. The average Bonchev–Trinajstić information content (AvgIpc) is 3.01. The van der Waals surface area contributed by atoms with Crippen molar-refractivity contribution < 1.29 is 51.0 Å². The molecule has 1 aliphatic carbocycles. The minimum Gasteiger partial charge on any atom is -1.00 e. The molecule has 0 aliphatic heterocycles. The maximum Gasteiger partial charge on any atom is 4.00 e. The molecule has 0 bridgehead atoms. The molecule has 0 atom stereocenters. The first-order chi connectivity index (χ1) is 8.59. The van der Waals surface area contributed by atoms with Crippen molar-refractivity contribution in [2.24, 2.45) is 0 Å². The number of halogens is 2. The fourth-order valence-electron chi connectivity index (χ4n) is 1.94. The molecule has 0 amide bonds. The van der Waals surface area contributed by atoms with Crippen molar-refractivity contribution in [3.8, 4) is 0 Å². The predicted octanol–water partition coefficient (Wildman–Crippen LogP) is -1.42. The number of allylic oxidation sites excluding steroid dienone is 4. The Kier molecular flexibility index (Phi) is 11.4. The van der Waals surface area contributed by atoms with Gasteiger partial charge in [-0.15, -0.1) is 35.8 Å². The Morgan fingerprint density at radius 1 is 1.10 bits per heavy atom. The molecule has 0 saturated carbocycles. The van der Waals surface area contributed by atoms with E-state index in [1.807, 2.05) is 18.2 Å². The van der Waals surface area contributed by atoms with E-state index in [1.54, 1.807) is 0 Å². The van der Waals surface area contributed by atoms with Gasteiger partial charge in [0.2, 0.25) is 0 Å². The van der Waals surface area contributed by atoms with Gasteiger partial charge in [-0.25, -0.2) is 12.2 Å². The average molecular weight is 399 g/mol. The Hall–Kier alpha value is -0.297. The second-order valence-corrected chi connectivity index (χ2v) is 5.42. The number of fused-ring (bicyclic) bond motifs is 1. The monoisotopic (exact) mass is 397 g/mol. The van der Waals surface area contributed by atoms with Crippen molar-refractivity contribution in [3.63, 3.8) is 0 Å². The van der Waals surface area contributed by atoms with Gasteiger partial charge in [0, 0.05) is 0 Å². The molecule has 1 aromatic carbocycles. The molecular formula is C17H19Cl2NZr. The third-order valence-corrected chi connectivity index (χ3v) is 2.85. The third kappa shape index (κ3) is 6.55. The number of rotatable bonds is 0. The van der Waals surface area contributed by atoms with Crippen LogP contribution in [0.25, 0.3) is 10.9 Å². The summed E-state index contributed by atoms with van der Waals surface area (Å²) >= 11 is 0. The SMILES string of the molecule is CC(C)(C)c1[c-][nH]c2ccccc12.[C-]1=CC=CC1.[Cl-].[Cl-].[Zr+4]. The molecule has 0 fully saturated rings. The summed E-state index contributed by atoms with van der Waals surface area (Å²) < 4.78 is 0. The quantitative estimate of drug-likeness (QED) is 0.524. The number of aromatic nitrogens is 1. The van der Waals surface area contributed by atoms with E-state index in [-0.39, 0.29) is 56.4 Å². The molecule has 1 aromatic heterocycles. The fourth-order valence-corrected chi connectivity index (χ4v) is 1.94. The molecule has 2 aromatic rings. The molecule has 1 heterocycles. The van der Waals surface area contributed by atoms with E-state index in [0.29, 0.717) is 0 Å². The Balaban J connectivity index is 0. The van der Waals surface area contributed by atoms with Gasteiger partial charge in [-0.3, -0.25) is 6.08 Å². The van der Waals surface area contributed by atoms with Crippen molar-refractivity contribution >= 4 is 10.9 Å². The van der Waals surface area contributed by atoms with Crippen LogP contribution in [-0.2, 0) is 31.6 Å². The molecule has 4 heteroatoms. The van der Waals surface area contributed by atoms with Crippen LogP contribution in [-0.4, -0.2) is 4.98 Å². The molecule has 110 valence electrons. The minimum absolute atomic E-state index is 0. The summed E-state index contributed by atoms with van der Waals surface area (Å²) in [7, 11) is 0. The maximum absolute atomic E-state index is 3.23. The van der Waals surface area contributed by atoms with Crippen LogP contribution in [0.4, 0.5) is 0 Å². The summed E-state index contributed by atoms with van der Waals surface area (Å²) in [5.41, 5.74) is 2.61. The molecule has 0 spiro atoms. The standard InChI is InChI=1S/C12H14N.C5H5.2ClH.Zr/c1-12(2,3)10-8-13-11-7-5-4-6-9(10)11;1-2-4-5-3-1;;;/h4-7,13H,1-3H3;1-3H,4H2;2*1H;/q2*-1;;;+4/p-2. The van der Waals surface area contributed by atoms with Gasteiger partial charge in [0.05, 0.1) is 0 Å². The maximum atomic E-state index is 3.23. The van der Waals surface area contributed by atoms with Crippen LogP contribution in [0, 0.1) is 12.3 Å². The first-order valence-electron chi connectivity index (χ1n) is 6.29. The van der Waals surface area contributed by atoms with Crippen molar-refractivity contribution in [1.82, 2.24) is 4.98 Å². The molecule has 0 unspecified atom stereocenters. The first-order valence-corrected chi connectivity index (χ1v) is 6.29. The van der Waals surface area contributed by atoms with Crippen molar-refractivity contribution in [2.75, 3.05) is 0 Å². The van der Waals surface area contributed by atoms with E-state index in [1.165, 1.54) is 16.5 Å². The molecule has 21 heavy (non-hydrogen) atoms. The van der Waals surface area contributed by atoms with Crippen LogP contribution in [0.2, 0.25) is 0 Å². The number of benzene rings is 1. The van der Waals surface area contributed by atoms with Crippen LogP contribution >= 0.6 is 0 Å². The van der Waals surface area contributed by atoms with Crippen molar-refractivity contribution in [1.29, 1.82) is 0 Å². The minimum atomic E-state index is 0. The largest absolute Gasteiger partial charge is 4.00 e. The van der Waals surface area contributed by atoms with Gasteiger partial charge in [-0.05, 0) is 5.41 Å². The zero-order valence-electron chi connectivity index (χ0n) is 12.5. The zero-order valence-corrected chi connectivity index (χ0v) is 16.5. The molecule has 3 rings (SSSR count). The number of nitrogens with one attached hydrogen (secondary N) is 1. The van der Waals surface area contributed by atoms with Crippen LogP contribution < -0.4 is 24.8 Å². The first kappa shape index (κ1) is 23.0. The summed E-state index contributed by atoms with van der Waals surface area (Å²) in [6.07, 6.45) is 13.2. The topological polar surface area (TPSA) is 15.8 Å². The molecule has 1 nitrogen and oxygen atoms in total. The van der Waals surface area contributed by atoms with Gasteiger partial charge in [-0.1, -0.05) is 32.9 Å². The Bertz CT molecular complexity index is 570. The summed E-state index contributed by atoms with van der Waals surface area (Å²) in [5.74, 6) is 0. The molecule has 1 aliphatic rings. The Morgan fingerprint density at radius 3 is 2.24 bits per heavy atom. The molecular weight excluding hydrogens is 380 g/mol. The molecule has 0 saturated heterocycles. The smallest absolute Gasteiger partial charge is 1.00 e. The summed E-state index contributed by atoms with van der Waals surface area (Å²) in [6.45, 7) is 6.62. The van der Waals surface area contributed by atoms with Crippen LogP contribution in [0.15, 0.2) is 42.5 Å². The van der Waals surface area contributed by atoms with Gasteiger partial charge >= 0.3 is 26.2 Å². The zero-order chi connectivity index (χ0) is 13.0. The van der Waals surface area contributed by atoms with E-state index < -0.39 is 0 Å². The number of para-hydroxylation sites is 1. The number of hydrogen-bond donors (Lipinski definition) is 1. The van der Waals surface area contributed by atoms with Crippen molar-refractivity contribution in [2.45, 2.75) is 32.6 Å². The number of hydrogen-bond acceptors (Lipinski definition) is 0.